The highest BCUT2D eigenvalue weighted by molar-refractivity contribution is 6.30. The number of nitrogens with zero attached hydrogens (tertiary/aromatic N) is 4. The lowest BCUT2D eigenvalue weighted by Gasteiger charge is -2.34. The van der Waals surface area contributed by atoms with Crippen LogP contribution in [-0.2, 0) is 0 Å². The topological polar surface area (TPSA) is 66.4 Å². The molecule has 6 nitrogen and oxygen atoms in total. The number of carbonyl (C=O) groups excluding carboxylic acids is 2. The van der Waals surface area contributed by atoms with E-state index in [1.165, 1.54) is 6.20 Å². The zero-order valence-corrected chi connectivity index (χ0v) is 14.0. The van der Waals surface area contributed by atoms with Gasteiger partial charge in [-0.2, -0.15) is 0 Å². The smallest absolute Gasteiger partial charge is 0.274 e. The van der Waals surface area contributed by atoms with E-state index in [0.717, 1.165) is 5.69 Å². The second-order valence-corrected chi connectivity index (χ2v) is 6.07. The normalized spacial score (nSPS) is 14.6. The molecule has 0 unspecified atom stereocenters. The number of halogens is 1. The van der Waals surface area contributed by atoms with Gasteiger partial charge in [0.1, 0.15) is 5.69 Å². The first-order valence-electron chi connectivity index (χ1n) is 7.67. The molecule has 0 spiro atoms. The van der Waals surface area contributed by atoms with E-state index >= 15 is 0 Å². The summed E-state index contributed by atoms with van der Waals surface area (Å²) in [6, 6.07) is 6.89. The quantitative estimate of drug-likeness (QED) is 0.836. The van der Waals surface area contributed by atoms with E-state index in [-0.39, 0.29) is 11.8 Å². The van der Waals surface area contributed by atoms with E-state index in [4.69, 9.17) is 11.6 Å². The van der Waals surface area contributed by atoms with Crippen LogP contribution in [0.4, 0.5) is 0 Å². The Bertz CT molecular complexity index is 755. The van der Waals surface area contributed by atoms with Gasteiger partial charge in [-0.3, -0.25) is 14.6 Å². The Morgan fingerprint density at radius 2 is 1.67 bits per heavy atom. The summed E-state index contributed by atoms with van der Waals surface area (Å²) in [5, 5.41) is 0.535. The van der Waals surface area contributed by atoms with Crippen LogP contribution in [0, 0.1) is 6.92 Å². The van der Waals surface area contributed by atoms with Crippen molar-refractivity contribution in [1.82, 2.24) is 19.8 Å². The first-order valence-corrected chi connectivity index (χ1v) is 8.05. The summed E-state index contributed by atoms with van der Waals surface area (Å²) in [7, 11) is 0. The van der Waals surface area contributed by atoms with E-state index in [1.807, 2.05) is 6.92 Å². The molecule has 0 atom stereocenters. The Morgan fingerprint density at radius 3 is 2.25 bits per heavy atom. The summed E-state index contributed by atoms with van der Waals surface area (Å²) >= 11 is 5.94. The van der Waals surface area contributed by atoms with Gasteiger partial charge in [0, 0.05) is 43.0 Å². The number of piperazine rings is 1. The lowest BCUT2D eigenvalue weighted by Crippen LogP contribution is -2.50. The summed E-state index contributed by atoms with van der Waals surface area (Å²) in [5.74, 6) is -0.225. The minimum Gasteiger partial charge on any atom is -0.335 e. The minimum absolute atomic E-state index is 0.0697. The van der Waals surface area contributed by atoms with Crippen molar-refractivity contribution >= 4 is 23.4 Å². The molecule has 1 aromatic heterocycles. The molecule has 1 aromatic carbocycles. The molecule has 0 N–H and O–H groups in total. The monoisotopic (exact) mass is 344 g/mol. The van der Waals surface area contributed by atoms with Crippen LogP contribution in [0.3, 0.4) is 0 Å². The average molecular weight is 345 g/mol. The van der Waals surface area contributed by atoms with Crippen LogP contribution < -0.4 is 0 Å². The number of benzene rings is 1. The van der Waals surface area contributed by atoms with Crippen molar-refractivity contribution in [2.75, 3.05) is 26.2 Å². The maximum absolute atomic E-state index is 12.5. The molecule has 0 aliphatic carbocycles. The van der Waals surface area contributed by atoms with Gasteiger partial charge < -0.3 is 9.80 Å². The largest absolute Gasteiger partial charge is 0.335 e. The van der Waals surface area contributed by atoms with E-state index in [1.54, 1.807) is 40.3 Å². The van der Waals surface area contributed by atoms with Crippen molar-refractivity contribution in [2.45, 2.75) is 6.92 Å². The molecule has 3 rings (SSSR count). The lowest BCUT2D eigenvalue weighted by atomic mass is 10.2. The maximum Gasteiger partial charge on any atom is 0.274 e. The average Bonchev–Trinajstić information content (AvgIpc) is 2.61. The van der Waals surface area contributed by atoms with Crippen molar-refractivity contribution in [3.05, 3.63) is 58.6 Å². The fourth-order valence-electron chi connectivity index (χ4n) is 2.58. The predicted octanol–water partition coefficient (Wildman–Crippen LogP) is 2.04. The van der Waals surface area contributed by atoms with Crippen molar-refractivity contribution in [3.8, 4) is 0 Å². The molecule has 1 aliphatic heterocycles. The highest BCUT2D eigenvalue weighted by Gasteiger charge is 2.26. The standard InChI is InChI=1S/C17H17ClN4O2/c1-12-10-20-15(11-19-12)17(24)22-7-5-21(6-8-22)16(23)13-3-2-4-14(18)9-13/h2-4,9-11H,5-8H2,1H3. The first-order chi connectivity index (χ1) is 11.5. The molecule has 1 aliphatic rings. The molecular formula is C17H17ClN4O2. The Hall–Kier alpha value is -2.47. The molecule has 0 bridgehead atoms. The molecule has 2 amide bonds. The number of hydrogen-bond donors (Lipinski definition) is 0. The fourth-order valence-corrected chi connectivity index (χ4v) is 2.77. The predicted molar refractivity (Wildman–Crippen MR) is 90.0 cm³/mol. The van der Waals surface area contributed by atoms with Gasteiger partial charge in [0.15, 0.2) is 0 Å². The fraction of sp³-hybridized carbons (Fsp3) is 0.294. The van der Waals surface area contributed by atoms with Gasteiger partial charge in [-0.05, 0) is 25.1 Å². The van der Waals surface area contributed by atoms with Gasteiger partial charge >= 0.3 is 0 Å². The lowest BCUT2D eigenvalue weighted by molar-refractivity contribution is 0.0532. The minimum atomic E-state index is -0.155. The summed E-state index contributed by atoms with van der Waals surface area (Å²) in [6.07, 6.45) is 3.06. The van der Waals surface area contributed by atoms with Crippen LogP contribution in [0.15, 0.2) is 36.7 Å². The van der Waals surface area contributed by atoms with Crippen LogP contribution in [-0.4, -0.2) is 57.8 Å². The van der Waals surface area contributed by atoms with Crippen molar-refractivity contribution in [3.63, 3.8) is 0 Å². The highest BCUT2D eigenvalue weighted by atomic mass is 35.5. The van der Waals surface area contributed by atoms with Crippen molar-refractivity contribution in [1.29, 1.82) is 0 Å². The Labute approximate surface area is 145 Å². The van der Waals surface area contributed by atoms with Crippen molar-refractivity contribution < 1.29 is 9.59 Å². The molecule has 1 saturated heterocycles. The number of aryl methyl sites for hydroxylation is 1. The molecular weight excluding hydrogens is 328 g/mol. The Morgan fingerprint density at radius 1 is 1.00 bits per heavy atom. The number of aromatic nitrogens is 2. The van der Waals surface area contributed by atoms with Crippen LogP contribution in [0.1, 0.15) is 26.5 Å². The molecule has 0 radical (unpaired) electrons. The van der Waals surface area contributed by atoms with E-state index in [0.29, 0.717) is 42.5 Å². The highest BCUT2D eigenvalue weighted by Crippen LogP contribution is 2.15. The van der Waals surface area contributed by atoms with Gasteiger partial charge in [-0.25, -0.2) is 4.98 Å². The summed E-state index contributed by atoms with van der Waals surface area (Å²) in [4.78, 5) is 36.5. The first kappa shape index (κ1) is 16.4. The SMILES string of the molecule is Cc1cnc(C(=O)N2CCN(C(=O)c3cccc(Cl)c3)CC2)cn1. The number of hydrogen-bond acceptors (Lipinski definition) is 4. The molecule has 2 aromatic rings. The van der Waals surface area contributed by atoms with E-state index < -0.39 is 0 Å². The Kier molecular flexibility index (Phi) is 4.76. The van der Waals surface area contributed by atoms with Crippen LogP contribution >= 0.6 is 11.6 Å². The number of rotatable bonds is 2. The van der Waals surface area contributed by atoms with E-state index in [2.05, 4.69) is 9.97 Å². The molecule has 0 saturated carbocycles. The summed E-state index contributed by atoms with van der Waals surface area (Å²) < 4.78 is 0. The molecule has 24 heavy (non-hydrogen) atoms. The van der Waals surface area contributed by atoms with Gasteiger partial charge in [0.25, 0.3) is 11.8 Å². The number of amides is 2. The van der Waals surface area contributed by atoms with Crippen molar-refractivity contribution in [2.24, 2.45) is 0 Å². The second-order valence-electron chi connectivity index (χ2n) is 5.64. The zero-order valence-electron chi connectivity index (χ0n) is 13.3. The number of carbonyl (C=O) groups is 2. The Balaban J connectivity index is 1.62. The van der Waals surface area contributed by atoms with Crippen LogP contribution in [0.5, 0.6) is 0 Å². The third kappa shape index (κ3) is 3.54. The second kappa shape index (κ2) is 6.97. The van der Waals surface area contributed by atoms with E-state index in [9.17, 15) is 9.59 Å². The maximum atomic E-state index is 12.5. The molecule has 2 heterocycles. The van der Waals surface area contributed by atoms with Gasteiger partial charge in [0.05, 0.1) is 11.9 Å². The van der Waals surface area contributed by atoms with Gasteiger partial charge in [-0.15, -0.1) is 0 Å². The van der Waals surface area contributed by atoms with Gasteiger partial charge in [-0.1, -0.05) is 17.7 Å². The van der Waals surface area contributed by atoms with Crippen LogP contribution in [0.2, 0.25) is 5.02 Å². The van der Waals surface area contributed by atoms with Crippen LogP contribution in [0.25, 0.3) is 0 Å². The third-order valence-electron chi connectivity index (χ3n) is 3.93. The summed E-state index contributed by atoms with van der Waals surface area (Å²) in [6.45, 7) is 3.73. The molecule has 1 fully saturated rings. The third-order valence-corrected chi connectivity index (χ3v) is 4.16. The summed E-state index contributed by atoms with van der Waals surface area (Å²) in [5.41, 5.74) is 1.66. The van der Waals surface area contributed by atoms with Gasteiger partial charge in [0.2, 0.25) is 0 Å². The molecule has 124 valence electrons. The zero-order chi connectivity index (χ0) is 17.1. The molecule has 7 heteroatoms.